The Morgan fingerprint density at radius 3 is 2.16 bits per heavy atom. The first-order valence-electron chi connectivity index (χ1n) is 7.61. The summed E-state index contributed by atoms with van der Waals surface area (Å²) in [5.41, 5.74) is 0.879. The Balaban J connectivity index is 1.62. The van der Waals surface area contributed by atoms with E-state index in [1.165, 1.54) is 6.07 Å². The monoisotopic (exact) mass is 357 g/mol. The highest BCUT2D eigenvalue weighted by atomic mass is 35.5. The highest BCUT2D eigenvalue weighted by Gasteiger charge is 2.02. The first kappa shape index (κ1) is 17.1. The third-order valence-corrected chi connectivity index (χ3v) is 3.66. The summed E-state index contributed by atoms with van der Waals surface area (Å²) in [7, 11) is 0. The van der Waals surface area contributed by atoms with E-state index in [-0.39, 0.29) is 18.8 Å². The van der Waals surface area contributed by atoms with Crippen LogP contribution >= 0.6 is 11.6 Å². The minimum absolute atomic E-state index is 0.187. The molecular weight excluding hydrogens is 342 g/mol. The molecule has 1 aromatic heterocycles. The molecule has 2 aromatic carbocycles. The van der Waals surface area contributed by atoms with Crippen LogP contribution in [0, 0.1) is 0 Å². The highest BCUT2D eigenvalue weighted by Crippen LogP contribution is 2.25. The van der Waals surface area contributed by atoms with Gasteiger partial charge < -0.3 is 19.6 Å². The van der Waals surface area contributed by atoms with Crippen molar-refractivity contribution in [2.24, 2.45) is 0 Å². The summed E-state index contributed by atoms with van der Waals surface area (Å²) < 4.78 is 11.4. The van der Waals surface area contributed by atoms with Gasteiger partial charge in [-0.25, -0.2) is 0 Å². The Bertz CT molecular complexity index is 889. The van der Waals surface area contributed by atoms with Crippen molar-refractivity contribution in [3.8, 4) is 17.2 Å². The van der Waals surface area contributed by atoms with Crippen LogP contribution in [0.15, 0.2) is 65.5 Å². The van der Waals surface area contributed by atoms with Crippen LogP contribution in [0.5, 0.6) is 17.2 Å². The minimum Gasteiger partial charge on any atom is -0.487 e. The largest absolute Gasteiger partial charge is 0.487 e. The second kappa shape index (κ2) is 7.88. The Hall–Kier alpha value is -2.76. The van der Waals surface area contributed by atoms with E-state index in [1.54, 1.807) is 54.6 Å². The zero-order valence-electron chi connectivity index (χ0n) is 13.2. The minimum atomic E-state index is -0.267. The summed E-state index contributed by atoms with van der Waals surface area (Å²) >= 11 is 5.84. The number of rotatable bonds is 6. The van der Waals surface area contributed by atoms with Crippen molar-refractivity contribution in [3.05, 3.63) is 87.3 Å². The van der Waals surface area contributed by atoms with Crippen molar-refractivity contribution in [1.29, 1.82) is 0 Å². The van der Waals surface area contributed by atoms with Crippen molar-refractivity contribution in [3.63, 3.8) is 0 Å². The van der Waals surface area contributed by atoms with E-state index in [1.807, 2.05) is 0 Å². The van der Waals surface area contributed by atoms with Gasteiger partial charge in [0.1, 0.15) is 23.9 Å². The summed E-state index contributed by atoms with van der Waals surface area (Å²) in [5.74, 6) is 2.00. The third kappa shape index (κ3) is 4.86. The molecule has 128 valence electrons. The Kier molecular flexibility index (Phi) is 5.38. The molecule has 3 rings (SSSR count). The summed E-state index contributed by atoms with van der Waals surface area (Å²) in [6.07, 6.45) is 0. The fourth-order valence-corrected chi connectivity index (χ4v) is 2.36. The van der Waals surface area contributed by atoms with Gasteiger partial charge in [0.15, 0.2) is 0 Å². The Morgan fingerprint density at radius 1 is 0.920 bits per heavy atom. The lowest BCUT2D eigenvalue weighted by Gasteiger charge is -2.09. The fraction of sp³-hybridized carbons (Fsp3) is 0.105. The summed E-state index contributed by atoms with van der Waals surface area (Å²) in [5, 5.41) is 9.78. The average Bonchev–Trinajstić information content (AvgIpc) is 2.62. The molecule has 6 heteroatoms. The van der Waals surface area contributed by atoms with E-state index in [0.29, 0.717) is 33.5 Å². The van der Waals surface area contributed by atoms with Crippen LogP contribution in [0.1, 0.15) is 11.3 Å². The van der Waals surface area contributed by atoms with Gasteiger partial charge in [0.05, 0.1) is 12.3 Å². The van der Waals surface area contributed by atoms with Gasteiger partial charge in [0.25, 0.3) is 0 Å². The molecule has 3 aromatic rings. The molecule has 0 aliphatic rings. The molecule has 25 heavy (non-hydrogen) atoms. The number of hydrogen-bond donors (Lipinski definition) is 2. The number of benzene rings is 2. The quantitative estimate of drug-likeness (QED) is 0.702. The van der Waals surface area contributed by atoms with E-state index in [2.05, 4.69) is 4.98 Å². The molecule has 0 bridgehead atoms. The highest BCUT2D eigenvalue weighted by molar-refractivity contribution is 6.30. The van der Waals surface area contributed by atoms with Gasteiger partial charge in [-0.2, -0.15) is 0 Å². The van der Waals surface area contributed by atoms with Gasteiger partial charge in [-0.15, -0.1) is 0 Å². The average molecular weight is 358 g/mol. The second-order valence-electron chi connectivity index (χ2n) is 5.35. The van der Waals surface area contributed by atoms with E-state index >= 15 is 0 Å². The third-order valence-electron chi connectivity index (χ3n) is 3.41. The summed E-state index contributed by atoms with van der Waals surface area (Å²) in [6, 6.07) is 17.3. The lowest BCUT2D eigenvalue weighted by atomic mass is 10.2. The van der Waals surface area contributed by atoms with Crippen LogP contribution in [0.25, 0.3) is 0 Å². The number of aromatic nitrogens is 1. The first-order valence-corrected chi connectivity index (χ1v) is 7.99. The predicted octanol–water partition coefficient (Wildman–Crippen LogP) is 3.89. The summed E-state index contributed by atoms with van der Waals surface area (Å²) in [6.45, 7) is 0.00806. The molecule has 0 spiro atoms. The van der Waals surface area contributed by atoms with Gasteiger partial charge in [-0.1, -0.05) is 11.6 Å². The van der Waals surface area contributed by atoms with Crippen molar-refractivity contribution in [1.82, 2.24) is 4.98 Å². The van der Waals surface area contributed by atoms with E-state index in [0.717, 1.165) is 0 Å². The number of aromatic amines is 1. The molecule has 0 atom stereocenters. The molecule has 5 nitrogen and oxygen atoms in total. The number of pyridine rings is 1. The van der Waals surface area contributed by atoms with E-state index in [4.69, 9.17) is 26.2 Å². The molecule has 0 amide bonds. The van der Waals surface area contributed by atoms with E-state index < -0.39 is 0 Å². The number of aliphatic hydroxyl groups is 1. The van der Waals surface area contributed by atoms with Gasteiger partial charge in [-0.3, -0.25) is 4.79 Å². The number of H-pyrrole nitrogens is 1. The molecule has 1 heterocycles. The van der Waals surface area contributed by atoms with Crippen LogP contribution in [0.2, 0.25) is 5.02 Å². The van der Waals surface area contributed by atoms with Crippen LogP contribution in [-0.2, 0) is 13.2 Å². The molecule has 0 unspecified atom stereocenters. The normalized spacial score (nSPS) is 10.5. The zero-order valence-corrected chi connectivity index (χ0v) is 14.0. The zero-order chi connectivity index (χ0) is 17.6. The van der Waals surface area contributed by atoms with Crippen LogP contribution in [0.4, 0.5) is 0 Å². The molecule has 0 fully saturated rings. The molecular formula is C19H16ClNO4. The maximum atomic E-state index is 11.5. The topological polar surface area (TPSA) is 71.6 Å². The van der Waals surface area contributed by atoms with Gasteiger partial charge >= 0.3 is 0 Å². The van der Waals surface area contributed by atoms with Gasteiger partial charge in [-0.05, 0) is 60.2 Å². The molecule has 2 N–H and O–H groups in total. The first-order chi connectivity index (χ1) is 12.1. The lowest BCUT2D eigenvalue weighted by Crippen LogP contribution is -2.11. The SMILES string of the molecule is O=c1cc(CO)cc(COc2ccc(Oc3ccc(Cl)cc3)cc2)[nH]1. The Labute approximate surface area is 149 Å². The van der Waals surface area contributed by atoms with Crippen molar-refractivity contribution in [2.75, 3.05) is 0 Å². The van der Waals surface area contributed by atoms with Gasteiger partial charge in [0.2, 0.25) is 5.56 Å². The number of ether oxygens (including phenoxy) is 2. The fourth-order valence-electron chi connectivity index (χ4n) is 2.24. The van der Waals surface area contributed by atoms with Crippen molar-refractivity contribution < 1.29 is 14.6 Å². The maximum absolute atomic E-state index is 11.5. The van der Waals surface area contributed by atoms with Gasteiger partial charge in [0, 0.05) is 11.1 Å². The molecule has 0 radical (unpaired) electrons. The number of halogens is 1. The predicted molar refractivity (Wildman–Crippen MR) is 95.3 cm³/mol. The lowest BCUT2D eigenvalue weighted by molar-refractivity contribution is 0.279. The second-order valence-corrected chi connectivity index (χ2v) is 5.79. The maximum Gasteiger partial charge on any atom is 0.248 e. The smallest absolute Gasteiger partial charge is 0.248 e. The van der Waals surface area contributed by atoms with E-state index in [9.17, 15) is 4.79 Å². The Morgan fingerprint density at radius 2 is 1.52 bits per heavy atom. The number of hydrogen-bond acceptors (Lipinski definition) is 4. The molecule has 0 saturated carbocycles. The van der Waals surface area contributed by atoms with Crippen LogP contribution < -0.4 is 15.0 Å². The molecule has 0 saturated heterocycles. The van der Waals surface area contributed by atoms with Crippen LogP contribution in [-0.4, -0.2) is 10.1 Å². The number of nitrogens with one attached hydrogen (secondary N) is 1. The number of aliphatic hydroxyl groups excluding tert-OH is 1. The van der Waals surface area contributed by atoms with Crippen molar-refractivity contribution >= 4 is 11.6 Å². The molecule has 0 aliphatic heterocycles. The van der Waals surface area contributed by atoms with Crippen molar-refractivity contribution in [2.45, 2.75) is 13.2 Å². The van der Waals surface area contributed by atoms with Crippen LogP contribution in [0.3, 0.4) is 0 Å². The standard InChI is InChI=1S/C19H16ClNO4/c20-14-1-3-17(4-2-14)25-18-7-5-16(6-8-18)24-12-15-9-13(11-22)10-19(23)21-15/h1-10,22H,11-12H2,(H,21,23). The molecule has 0 aliphatic carbocycles. The summed E-state index contributed by atoms with van der Waals surface area (Å²) in [4.78, 5) is 14.1.